The van der Waals surface area contributed by atoms with Crippen LogP contribution in [0.1, 0.15) is 30.4 Å². The molecule has 8 heteroatoms. The summed E-state index contributed by atoms with van der Waals surface area (Å²) >= 11 is 0. The van der Waals surface area contributed by atoms with Crippen molar-refractivity contribution in [1.29, 1.82) is 0 Å². The summed E-state index contributed by atoms with van der Waals surface area (Å²) in [5.74, 6) is 2.98. The van der Waals surface area contributed by atoms with Crippen LogP contribution in [0.15, 0.2) is 48.5 Å². The predicted octanol–water partition coefficient (Wildman–Crippen LogP) is 2.52. The summed E-state index contributed by atoms with van der Waals surface area (Å²) < 4.78 is 10.7. The number of alkyl carbamates (subject to hydrolysis) is 1. The van der Waals surface area contributed by atoms with E-state index in [-0.39, 0.29) is 32.2 Å². The second kappa shape index (κ2) is 10.4. The molecule has 2 aromatic rings. The summed E-state index contributed by atoms with van der Waals surface area (Å²) in [6.07, 6.45) is -0.671. The predicted molar refractivity (Wildman–Crippen MR) is 124 cm³/mol. The Bertz CT molecular complexity index is 1110. The molecule has 0 radical (unpaired) electrons. The van der Waals surface area contributed by atoms with Gasteiger partial charge >= 0.3 is 12.1 Å². The number of carboxylic acids is 1. The van der Waals surface area contributed by atoms with Crippen LogP contribution in [0.4, 0.5) is 4.79 Å². The molecule has 1 aliphatic heterocycles. The molecule has 0 saturated carbocycles. The summed E-state index contributed by atoms with van der Waals surface area (Å²) in [5, 5.41) is 14.5. The summed E-state index contributed by atoms with van der Waals surface area (Å²) in [6.45, 7) is 1.87. The fraction of sp³-hybridized carbons (Fsp3) is 0.346. The van der Waals surface area contributed by atoms with Crippen LogP contribution in [-0.2, 0) is 19.1 Å². The van der Waals surface area contributed by atoms with Crippen molar-refractivity contribution in [2.45, 2.75) is 31.3 Å². The average Bonchev–Trinajstić information content (AvgIpc) is 3.43. The van der Waals surface area contributed by atoms with Crippen molar-refractivity contribution in [1.82, 2.24) is 10.6 Å². The zero-order chi connectivity index (χ0) is 24.1. The molecule has 1 aliphatic carbocycles. The van der Waals surface area contributed by atoms with Gasteiger partial charge in [0, 0.05) is 12.3 Å². The number of fused-ring (bicyclic) bond motifs is 3. The molecule has 2 aliphatic rings. The van der Waals surface area contributed by atoms with Gasteiger partial charge in [-0.2, -0.15) is 0 Å². The Balaban J connectivity index is 1.40. The number of hydrogen-bond donors (Lipinski definition) is 3. The van der Waals surface area contributed by atoms with Gasteiger partial charge in [0.1, 0.15) is 18.6 Å². The number of nitrogens with one attached hydrogen (secondary N) is 2. The number of carbonyl (C=O) groups excluding carboxylic acids is 2. The Morgan fingerprint density at radius 1 is 1.09 bits per heavy atom. The molecule has 1 fully saturated rings. The number of aliphatic carboxylic acids is 1. The van der Waals surface area contributed by atoms with E-state index in [2.05, 4.69) is 34.6 Å². The quantitative estimate of drug-likeness (QED) is 0.545. The normalized spacial score (nSPS) is 19.2. The lowest BCUT2D eigenvalue weighted by molar-refractivity contribution is -0.142. The van der Waals surface area contributed by atoms with Crippen LogP contribution in [0.3, 0.4) is 0 Å². The van der Waals surface area contributed by atoms with Crippen molar-refractivity contribution in [2.24, 2.45) is 5.92 Å². The third-order valence-corrected chi connectivity index (χ3v) is 6.16. The second-order valence-electron chi connectivity index (χ2n) is 8.25. The zero-order valence-electron chi connectivity index (χ0n) is 18.7. The molecule has 3 N–H and O–H groups in total. The van der Waals surface area contributed by atoms with Crippen molar-refractivity contribution in [3.8, 4) is 23.0 Å². The van der Waals surface area contributed by atoms with Gasteiger partial charge in [-0.05, 0) is 29.2 Å². The van der Waals surface area contributed by atoms with Gasteiger partial charge in [0.15, 0.2) is 0 Å². The van der Waals surface area contributed by atoms with Gasteiger partial charge in [0.05, 0.1) is 19.3 Å². The van der Waals surface area contributed by atoms with Crippen molar-refractivity contribution in [3.05, 3.63) is 59.7 Å². The van der Waals surface area contributed by atoms with Gasteiger partial charge in [-0.1, -0.05) is 48.5 Å². The topological polar surface area (TPSA) is 114 Å². The monoisotopic (exact) mass is 462 g/mol. The van der Waals surface area contributed by atoms with E-state index in [1.807, 2.05) is 36.4 Å². The maximum absolute atomic E-state index is 12.8. The van der Waals surface area contributed by atoms with Crippen LogP contribution in [0.2, 0.25) is 0 Å². The number of benzene rings is 2. The van der Waals surface area contributed by atoms with Crippen LogP contribution < -0.4 is 10.6 Å². The molecule has 1 heterocycles. The van der Waals surface area contributed by atoms with Crippen LogP contribution in [0.25, 0.3) is 11.1 Å². The van der Waals surface area contributed by atoms with Gasteiger partial charge in [0.2, 0.25) is 5.91 Å². The van der Waals surface area contributed by atoms with Gasteiger partial charge < -0.3 is 25.2 Å². The minimum Gasteiger partial charge on any atom is -0.481 e. The fourth-order valence-electron chi connectivity index (χ4n) is 4.42. The largest absolute Gasteiger partial charge is 0.481 e. The number of hydrogen-bond acceptors (Lipinski definition) is 5. The molecule has 8 nitrogen and oxygen atoms in total. The third kappa shape index (κ3) is 4.90. The molecule has 3 unspecified atom stereocenters. The second-order valence-corrected chi connectivity index (χ2v) is 8.25. The Labute approximate surface area is 197 Å². The lowest BCUT2D eigenvalue weighted by Gasteiger charge is -2.21. The third-order valence-electron chi connectivity index (χ3n) is 6.16. The SMILES string of the molecule is CC#CCC(NC(=O)OCC1c2ccccc2-c2ccccc21)C(=O)NC1COCC1C(=O)O. The first-order valence-corrected chi connectivity index (χ1v) is 11.1. The van der Waals surface area contributed by atoms with E-state index in [9.17, 15) is 19.5 Å². The van der Waals surface area contributed by atoms with Gasteiger partial charge in [-0.3, -0.25) is 9.59 Å². The Hall–Kier alpha value is -3.83. The van der Waals surface area contributed by atoms with E-state index in [4.69, 9.17) is 9.47 Å². The van der Waals surface area contributed by atoms with Crippen LogP contribution >= 0.6 is 0 Å². The molecule has 0 aromatic heterocycles. The summed E-state index contributed by atoms with van der Waals surface area (Å²) in [5.41, 5.74) is 4.41. The first-order valence-electron chi connectivity index (χ1n) is 11.1. The smallest absolute Gasteiger partial charge is 0.407 e. The molecule has 3 atom stereocenters. The number of amides is 2. The molecular formula is C26H26N2O6. The van der Waals surface area contributed by atoms with Gasteiger partial charge in [0.25, 0.3) is 0 Å². The molecule has 0 spiro atoms. The van der Waals surface area contributed by atoms with Crippen molar-refractivity contribution in [3.63, 3.8) is 0 Å². The number of rotatable bonds is 7. The Morgan fingerprint density at radius 2 is 1.74 bits per heavy atom. The maximum atomic E-state index is 12.8. The van der Waals surface area contributed by atoms with Gasteiger partial charge in [-0.25, -0.2) is 4.79 Å². The number of carboxylic acid groups (broad SMARTS) is 1. The Kier molecular flexibility index (Phi) is 7.14. The van der Waals surface area contributed by atoms with E-state index in [0.717, 1.165) is 22.3 Å². The van der Waals surface area contributed by atoms with Crippen molar-refractivity contribution in [2.75, 3.05) is 19.8 Å². The zero-order valence-corrected chi connectivity index (χ0v) is 18.7. The van der Waals surface area contributed by atoms with Crippen molar-refractivity contribution < 1.29 is 29.0 Å². The highest BCUT2D eigenvalue weighted by Crippen LogP contribution is 2.44. The summed E-state index contributed by atoms with van der Waals surface area (Å²) in [6, 6.07) is 14.4. The van der Waals surface area contributed by atoms with Crippen molar-refractivity contribution >= 4 is 18.0 Å². The fourth-order valence-corrected chi connectivity index (χ4v) is 4.42. The van der Waals surface area contributed by atoms with Crippen LogP contribution in [0, 0.1) is 17.8 Å². The minimum absolute atomic E-state index is 0.0273. The average molecular weight is 463 g/mol. The van der Waals surface area contributed by atoms with E-state index < -0.39 is 36.0 Å². The van der Waals surface area contributed by atoms with E-state index in [0.29, 0.717) is 0 Å². The Morgan fingerprint density at radius 3 is 2.35 bits per heavy atom. The van der Waals surface area contributed by atoms with E-state index in [1.165, 1.54) is 0 Å². The van der Waals surface area contributed by atoms with E-state index >= 15 is 0 Å². The molecule has 176 valence electrons. The number of carbonyl (C=O) groups is 3. The first kappa shape index (κ1) is 23.3. The maximum Gasteiger partial charge on any atom is 0.407 e. The highest BCUT2D eigenvalue weighted by atomic mass is 16.5. The molecular weight excluding hydrogens is 436 g/mol. The minimum atomic E-state index is -1.04. The highest BCUT2D eigenvalue weighted by molar-refractivity contribution is 5.87. The van der Waals surface area contributed by atoms with E-state index in [1.54, 1.807) is 6.92 Å². The van der Waals surface area contributed by atoms with Gasteiger partial charge in [-0.15, -0.1) is 11.8 Å². The molecule has 34 heavy (non-hydrogen) atoms. The standard InChI is InChI=1S/C26H26N2O6/c1-2-3-12-22(24(29)27-23-15-33-13-21(23)25(30)31)28-26(32)34-14-20-18-10-6-4-8-16(18)17-9-5-7-11-19(17)20/h4-11,20-23H,12-15H2,1H3,(H,27,29)(H,28,32)(H,30,31). The number of ether oxygens (including phenoxy) is 2. The summed E-state index contributed by atoms with van der Waals surface area (Å²) in [4.78, 5) is 36.8. The molecule has 2 amide bonds. The molecule has 0 bridgehead atoms. The lowest BCUT2D eigenvalue weighted by Crippen LogP contribution is -2.52. The molecule has 1 saturated heterocycles. The molecule has 2 aromatic carbocycles. The van der Waals surface area contributed by atoms with Crippen LogP contribution in [0.5, 0.6) is 0 Å². The lowest BCUT2D eigenvalue weighted by atomic mass is 9.98. The van der Waals surface area contributed by atoms with Crippen LogP contribution in [-0.4, -0.2) is 55.0 Å². The highest BCUT2D eigenvalue weighted by Gasteiger charge is 2.36. The summed E-state index contributed by atoms with van der Waals surface area (Å²) in [7, 11) is 0. The first-order chi connectivity index (χ1) is 16.5. The molecule has 4 rings (SSSR count).